The summed E-state index contributed by atoms with van der Waals surface area (Å²) in [5.41, 5.74) is 2.32. The average molecular weight is 250 g/mol. The van der Waals surface area contributed by atoms with Crippen molar-refractivity contribution >= 4 is 22.8 Å². The van der Waals surface area contributed by atoms with Crippen LogP contribution in [0.15, 0.2) is 55.0 Å². The highest BCUT2D eigenvalue weighted by atomic mass is 16.1. The number of nitrogens with one attached hydrogen (secondary N) is 1. The molecule has 0 aliphatic carbocycles. The van der Waals surface area contributed by atoms with Crippen LogP contribution in [-0.2, 0) is 0 Å². The Kier molecular flexibility index (Phi) is 2.86. The molecule has 0 aliphatic heterocycles. The maximum Gasteiger partial charge on any atom is 0.257 e. The lowest BCUT2D eigenvalue weighted by molar-refractivity contribution is 0.102. The van der Waals surface area contributed by atoms with Gasteiger partial charge in [0.05, 0.1) is 5.56 Å². The summed E-state index contributed by atoms with van der Waals surface area (Å²) >= 11 is 0. The Hall–Kier alpha value is -2.82. The van der Waals surface area contributed by atoms with Crippen LogP contribution in [0.4, 0.5) is 5.69 Å². The van der Waals surface area contributed by atoms with Crippen molar-refractivity contribution in [1.82, 2.24) is 15.0 Å². The molecule has 0 spiro atoms. The Bertz CT molecular complexity index is 728. The number of anilines is 1. The summed E-state index contributed by atoms with van der Waals surface area (Å²) in [6, 6.07) is 10.9. The molecule has 5 nitrogen and oxygen atoms in total. The second kappa shape index (κ2) is 4.81. The van der Waals surface area contributed by atoms with E-state index in [1.165, 1.54) is 6.20 Å². The zero-order valence-electron chi connectivity index (χ0n) is 9.95. The van der Waals surface area contributed by atoms with Crippen LogP contribution in [-0.4, -0.2) is 20.9 Å². The molecular weight excluding hydrogens is 240 g/mol. The van der Waals surface area contributed by atoms with Crippen molar-refractivity contribution in [3.63, 3.8) is 0 Å². The smallest absolute Gasteiger partial charge is 0.257 e. The van der Waals surface area contributed by atoms with Crippen molar-refractivity contribution in [2.24, 2.45) is 0 Å². The minimum Gasteiger partial charge on any atom is -0.322 e. The molecule has 1 N–H and O–H groups in total. The Morgan fingerprint density at radius 2 is 1.79 bits per heavy atom. The molecule has 3 aromatic rings. The zero-order chi connectivity index (χ0) is 13.1. The van der Waals surface area contributed by atoms with Crippen molar-refractivity contribution in [2.45, 2.75) is 0 Å². The molecule has 0 saturated carbocycles. The first-order chi connectivity index (χ1) is 9.33. The van der Waals surface area contributed by atoms with E-state index < -0.39 is 0 Å². The fourth-order valence-electron chi connectivity index (χ4n) is 1.71. The standard InChI is InChI=1S/C14H10N4O/c19-14(18-11-4-2-1-3-5-11)10-8-12-13(17-9-10)16-7-6-15-12/h1-9H,(H,18,19). The molecule has 5 heteroatoms. The van der Waals surface area contributed by atoms with Crippen molar-refractivity contribution < 1.29 is 4.79 Å². The first-order valence-electron chi connectivity index (χ1n) is 5.76. The summed E-state index contributed by atoms with van der Waals surface area (Å²) in [5.74, 6) is -0.216. The van der Waals surface area contributed by atoms with Gasteiger partial charge in [-0.3, -0.25) is 9.78 Å². The topological polar surface area (TPSA) is 67.8 Å². The van der Waals surface area contributed by atoms with Gasteiger partial charge in [0.2, 0.25) is 0 Å². The lowest BCUT2D eigenvalue weighted by Gasteiger charge is -2.04. The molecule has 0 saturated heterocycles. The minimum atomic E-state index is -0.216. The molecule has 0 bridgehead atoms. The summed E-state index contributed by atoms with van der Waals surface area (Å²) in [6.45, 7) is 0. The fraction of sp³-hybridized carbons (Fsp3) is 0. The Morgan fingerprint density at radius 3 is 2.63 bits per heavy atom. The van der Waals surface area contributed by atoms with Crippen LogP contribution >= 0.6 is 0 Å². The number of carbonyl (C=O) groups is 1. The van der Waals surface area contributed by atoms with Gasteiger partial charge in [0.1, 0.15) is 5.52 Å². The summed E-state index contributed by atoms with van der Waals surface area (Å²) in [7, 11) is 0. The molecule has 0 aliphatic rings. The number of pyridine rings is 1. The molecule has 92 valence electrons. The van der Waals surface area contributed by atoms with E-state index in [0.717, 1.165) is 5.69 Å². The second-order valence-corrected chi connectivity index (χ2v) is 3.94. The first kappa shape index (κ1) is 11.3. The number of hydrogen-bond donors (Lipinski definition) is 1. The highest BCUT2D eigenvalue weighted by Crippen LogP contribution is 2.11. The first-order valence-corrected chi connectivity index (χ1v) is 5.76. The van der Waals surface area contributed by atoms with E-state index in [9.17, 15) is 4.79 Å². The second-order valence-electron chi connectivity index (χ2n) is 3.94. The monoisotopic (exact) mass is 250 g/mol. The van der Waals surface area contributed by atoms with E-state index in [4.69, 9.17) is 0 Å². The maximum absolute atomic E-state index is 12.1. The van der Waals surface area contributed by atoms with E-state index in [1.54, 1.807) is 18.5 Å². The van der Waals surface area contributed by atoms with Crippen LogP contribution in [0.5, 0.6) is 0 Å². The third-order valence-electron chi connectivity index (χ3n) is 2.62. The highest BCUT2D eigenvalue weighted by molar-refractivity contribution is 6.05. The van der Waals surface area contributed by atoms with Crippen LogP contribution < -0.4 is 5.32 Å². The third kappa shape index (κ3) is 2.40. The van der Waals surface area contributed by atoms with Gasteiger partial charge >= 0.3 is 0 Å². The van der Waals surface area contributed by atoms with E-state index in [2.05, 4.69) is 20.3 Å². The number of nitrogens with zero attached hydrogens (tertiary/aromatic N) is 3. The molecule has 0 atom stereocenters. The molecule has 2 heterocycles. The summed E-state index contributed by atoms with van der Waals surface area (Å²) in [4.78, 5) is 24.4. The average Bonchev–Trinajstić information content (AvgIpc) is 2.48. The van der Waals surface area contributed by atoms with Gasteiger partial charge in [-0.25, -0.2) is 9.97 Å². The molecule has 0 fully saturated rings. The van der Waals surface area contributed by atoms with Crippen molar-refractivity contribution in [1.29, 1.82) is 0 Å². The molecule has 0 unspecified atom stereocenters. The maximum atomic E-state index is 12.1. The largest absolute Gasteiger partial charge is 0.322 e. The van der Waals surface area contributed by atoms with Crippen LogP contribution in [0.25, 0.3) is 11.2 Å². The van der Waals surface area contributed by atoms with Gasteiger partial charge in [-0.05, 0) is 18.2 Å². The summed E-state index contributed by atoms with van der Waals surface area (Å²) in [6.07, 6.45) is 4.64. The molecule has 1 amide bonds. The highest BCUT2D eigenvalue weighted by Gasteiger charge is 2.08. The number of fused-ring (bicyclic) bond motifs is 1. The molecule has 3 rings (SSSR count). The van der Waals surface area contributed by atoms with E-state index in [0.29, 0.717) is 16.7 Å². The lowest BCUT2D eigenvalue weighted by atomic mass is 10.2. The Balaban J connectivity index is 1.89. The van der Waals surface area contributed by atoms with Crippen LogP contribution in [0.3, 0.4) is 0 Å². The summed E-state index contributed by atoms with van der Waals surface area (Å²) < 4.78 is 0. The lowest BCUT2D eigenvalue weighted by Crippen LogP contribution is -2.12. The predicted molar refractivity (Wildman–Crippen MR) is 71.7 cm³/mol. The van der Waals surface area contributed by atoms with Gasteiger partial charge in [-0.1, -0.05) is 18.2 Å². The molecule has 1 aromatic carbocycles. The molecular formula is C14H10N4O. The van der Waals surface area contributed by atoms with E-state index in [1.807, 2.05) is 30.3 Å². The number of hydrogen-bond acceptors (Lipinski definition) is 4. The SMILES string of the molecule is O=C(Nc1ccccc1)c1cnc2nccnc2c1. The zero-order valence-corrected chi connectivity index (χ0v) is 9.95. The molecule has 19 heavy (non-hydrogen) atoms. The Morgan fingerprint density at radius 1 is 1.00 bits per heavy atom. The van der Waals surface area contributed by atoms with Gasteiger partial charge < -0.3 is 5.32 Å². The number of carbonyl (C=O) groups excluding carboxylic acids is 1. The van der Waals surface area contributed by atoms with Gasteiger partial charge in [0.25, 0.3) is 5.91 Å². The quantitative estimate of drug-likeness (QED) is 0.757. The van der Waals surface area contributed by atoms with Crippen LogP contribution in [0.2, 0.25) is 0 Å². The Labute approximate surface area is 109 Å². The number of amides is 1. The van der Waals surface area contributed by atoms with E-state index >= 15 is 0 Å². The number of benzene rings is 1. The van der Waals surface area contributed by atoms with Crippen molar-refractivity contribution in [3.8, 4) is 0 Å². The number of aromatic nitrogens is 3. The van der Waals surface area contributed by atoms with Gasteiger partial charge in [-0.2, -0.15) is 0 Å². The van der Waals surface area contributed by atoms with Crippen molar-refractivity contribution in [2.75, 3.05) is 5.32 Å². The third-order valence-corrected chi connectivity index (χ3v) is 2.62. The fourth-order valence-corrected chi connectivity index (χ4v) is 1.71. The molecule has 0 radical (unpaired) electrons. The van der Waals surface area contributed by atoms with Crippen LogP contribution in [0, 0.1) is 0 Å². The van der Waals surface area contributed by atoms with E-state index in [-0.39, 0.29) is 5.91 Å². The van der Waals surface area contributed by atoms with Gasteiger partial charge in [0.15, 0.2) is 5.65 Å². The number of rotatable bonds is 2. The van der Waals surface area contributed by atoms with Crippen LogP contribution in [0.1, 0.15) is 10.4 Å². The van der Waals surface area contributed by atoms with Gasteiger partial charge in [0, 0.05) is 24.3 Å². The molecule has 2 aromatic heterocycles. The van der Waals surface area contributed by atoms with Crippen molar-refractivity contribution in [3.05, 3.63) is 60.6 Å². The minimum absolute atomic E-state index is 0.216. The summed E-state index contributed by atoms with van der Waals surface area (Å²) in [5, 5.41) is 2.80. The predicted octanol–water partition coefficient (Wildman–Crippen LogP) is 2.28. The van der Waals surface area contributed by atoms with Gasteiger partial charge in [-0.15, -0.1) is 0 Å². The normalized spacial score (nSPS) is 10.3. The number of para-hydroxylation sites is 1.